The van der Waals surface area contributed by atoms with Gasteiger partial charge in [-0.15, -0.1) is 0 Å². The van der Waals surface area contributed by atoms with Crippen LogP contribution in [0, 0.1) is 0 Å². The maximum absolute atomic E-state index is 11.1. The van der Waals surface area contributed by atoms with E-state index in [2.05, 4.69) is 48.5 Å². The van der Waals surface area contributed by atoms with E-state index in [0.29, 0.717) is 0 Å². The highest BCUT2D eigenvalue weighted by atomic mass is 16.6. The van der Waals surface area contributed by atoms with Crippen molar-refractivity contribution in [3.63, 3.8) is 0 Å². The Balaban J connectivity index is 0.000000155. The van der Waals surface area contributed by atoms with Crippen LogP contribution in [0.4, 0.5) is 9.59 Å². The molecule has 0 radical (unpaired) electrons. The van der Waals surface area contributed by atoms with E-state index in [-0.39, 0.29) is 25.0 Å². The summed E-state index contributed by atoms with van der Waals surface area (Å²) in [6, 6.07) is 32.8. The van der Waals surface area contributed by atoms with Crippen LogP contribution in [-0.2, 0) is 9.47 Å². The normalized spacial score (nSPS) is 12.7. The minimum atomic E-state index is -0.609. The third-order valence-electron chi connectivity index (χ3n) is 6.92. The number of hydrogen-bond acceptors (Lipinski definition) is 6. The largest absolute Gasteiger partial charge is 0.448 e. The van der Waals surface area contributed by atoms with Crippen LogP contribution in [-0.4, -0.2) is 25.4 Å². The Morgan fingerprint density at radius 3 is 1.05 bits per heavy atom. The van der Waals surface area contributed by atoms with Crippen LogP contribution >= 0.6 is 0 Å². The molecule has 0 saturated heterocycles. The molecule has 0 aliphatic heterocycles. The number of benzene rings is 4. The van der Waals surface area contributed by atoms with E-state index < -0.39 is 12.2 Å². The monoisotopic (exact) mass is 508 g/mol. The van der Waals surface area contributed by atoms with Crippen molar-refractivity contribution < 1.29 is 19.1 Å². The van der Waals surface area contributed by atoms with Gasteiger partial charge in [-0.2, -0.15) is 0 Å². The summed E-state index contributed by atoms with van der Waals surface area (Å²) in [5.74, 6) is 10.2. The molecule has 4 aromatic carbocycles. The summed E-state index contributed by atoms with van der Waals surface area (Å²) < 4.78 is 10.2. The van der Waals surface area contributed by atoms with Gasteiger partial charge in [-0.25, -0.2) is 21.3 Å². The van der Waals surface area contributed by atoms with Gasteiger partial charge in [0.05, 0.1) is 0 Å². The highest BCUT2D eigenvalue weighted by molar-refractivity contribution is 5.80. The van der Waals surface area contributed by atoms with Crippen LogP contribution < -0.4 is 22.5 Å². The number of carbonyl (C=O) groups is 2. The van der Waals surface area contributed by atoms with E-state index in [9.17, 15) is 9.59 Å². The quantitative estimate of drug-likeness (QED) is 0.178. The Bertz CT molecular complexity index is 1270. The first kappa shape index (κ1) is 25.0. The average molecular weight is 509 g/mol. The van der Waals surface area contributed by atoms with Crippen LogP contribution in [0.2, 0.25) is 0 Å². The number of amides is 2. The predicted molar refractivity (Wildman–Crippen MR) is 145 cm³/mol. The summed E-state index contributed by atoms with van der Waals surface area (Å²) in [4.78, 5) is 22.3. The van der Waals surface area contributed by atoms with Crippen LogP contribution in [0.5, 0.6) is 0 Å². The predicted octanol–water partition coefficient (Wildman–Crippen LogP) is 4.80. The Morgan fingerprint density at radius 1 is 0.526 bits per heavy atom. The first-order chi connectivity index (χ1) is 18.6. The lowest BCUT2D eigenvalue weighted by molar-refractivity contribution is 0.142. The summed E-state index contributed by atoms with van der Waals surface area (Å²) in [6.45, 7) is 0.577. The molecule has 0 atom stereocenters. The van der Waals surface area contributed by atoms with Gasteiger partial charge in [0.2, 0.25) is 0 Å². The average Bonchev–Trinajstić information content (AvgIpc) is 3.47. The second kappa shape index (κ2) is 11.2. The summed E-state index contributed by atoms with van der Waals surface area (Å²) in [6.07, 6.45) is -1.22. The minimum Gasteiger partial charge on any atom is -0.448 e. The number of hydrogen-bond donors (Lipinski definition) is 4. The molecule has 2 amide bonds. The lowest BCUT2D eigenvalue weighted by Crippen LogP contribution is -2.31. The van der Waals surface area contributed by atoms with Crippen LogP contribution in [0.1, 0.15) is 34.1 Å². The smallest absolute Gasteiger partial charge is 0.421 e. The van der Waals surface area contributed by atoms with Gasteiger partial charge in [0.1, 0.15) is 13.2 Å². The minimum absolute atomic E-state index is 0.0738. The van der Waals surface area contributed by atoms with E-state index in [1.807, 2.05) is 59.4 Å². The molecule has 0 aromatic heterocycles. The Hall–Kier alpha value is -4.66. The van der Waals surface area contributed by atoms with Gasteiger partial charge in [0.15, 0.2) is 0 Å². The lowest BCUT2D eigenvalue weighted by atomic mass is 9.98. The molecule has 0 heterocycles. The molecule has 8 heteroatoms. The maximum Gasteiger partial charge on any atom is 0.421 e. The zero-order chi connectivity index (χ0) is 26.5. The molecule has 4 aromatic rings. The van der Waals surface area contributed by atoms with Crippen molar-refractivity contribution >= 4 is 12.2 Å². The number of fused-ring (bicyclic) bond motifs is 6. The second-order valence-electron chi connectivity index (χ2n) is 8.94. The fraction of sp³-hybridized carbons (Fsp3) is 0.133. The first-order valence-corrected chi connectivity index (χ1v) is 12.3. The zero-order valence-corrected chi connectivity index (χ0v) is 20.6. The SMILES string of the molecule is NNC(=O)OCC1c2ccccc2-c2ccccc21.NNC(=O)OCC1c2ccccc2-c2ccccc21. The number of ether oxygens (including phenoxy) is 2. The molecular formula is C30H28N4O4. The van der Waals surface area contributed by atoms with Crippen molar-refractivity contribution in [2.24, 2.45) is 11.7 Å². The molecule has 192 valence electrons. The molecule has 6 N–H and O–H groups in total. The summed E-state index contributed by atoms with van der Waals surface area (Å²) in [5.41, 5.74) is 13.5. The summed E-state index contributed by atoms with van der Waals surface area (Å²) >= 11 is 0. The molecule has 0 spiro atoms. The Morgan fingerprint density at radius 2 is 0.789 bits per heavy atom. The molecule has 8 nitrogen and oxygen atoms in total. The van der Waals surface area contributed by atoms with E-state index in [0.717, 1.165) is 0 Å². The molecule has 0 fully saturated rings. The number of carbonyl (C=O) groups excluding carboxylic acids is 2. The van der Waals surface area contributed by atoms with Crippen molar-refractivity contribution in [1.29, 1.82) is 0 Å². The summed E-state index contributed by atoms with van der Waals surface area (Å²) in [5, 5.41) is 0. The van der Waals surface area contributed by atoms with E-state index in [4.69, 9.17) is 21.2 Å². The van der Waals surface area contributed by atoms with Crippen LogP contribution in [0.3, 0.4) is 0 Å². The Labute approximate surface area is 220 Å². The van der Waals surface area contributed by atoms with Crippen molar-refractivity contribution in [1.82, 2.24) is 10.9 Å². The van der Waals surface area contributed by atoms with Crippen molar-refractivity contribution in [3.05, 3.63) is 119 Å². The van der Waals surface area contributed by atoms with Gasteiger partial charge in [0.25, 0.3) is 0 Å². The molecule has 0 bridgehead atoms. The Kier molecular flexibility index (Phi) is 7.35. The third-order valence-corrected chi connectivity index (χ3v) is 6.92. The van der Waals surface area contributed by atoms with Gasteiger partial charge in [-0.05, 0) is 44.5 Å². The van der Waals surface area contributed by atoms with E-state index in [1.54, 1.807) is 0 Å². The van der Waals surface area contributed by atoms with E-state index in [1.165, 1.54) is 44.5 Å². The van der Waals surface area contributed by atoms with Gasteiger partial charge in [-0.1, -0.05) is 97.1 Å². The molecular weight excluding hydrogens is 480 g/mol. The summed E-state index contributed by atoms with van der Waals surface area (Å²) in [7, 11) is 0. The zero-order valence-electron chi connectivity index (χ0n) is 20.6. The standard InChI is InChI=1S/2C15H14N2O2/c2*16-17-15(18)19-9-14-12-7-3-1-5-10(12)11-6-2-4-8-13(11)14/h2*1-8,14H,9,16H2,(H,17,18). The highest BCUT2D eigenvalue weighted by Gasteiger charge is 2.30. The molecule has 2 aliphatic rings. The lowest BCUT2D eigenvalue weighted by Gasteiger charge is -2.13. The van der Waals surface area contributed by atoms with Crippen LogP contribution in [0.15, 0.2) is 97.1 Å². The molecule has 0 saturated carbocycles. The van der Waals surface area contributed by atoms with Crippen molar-refractivity contribution in [2.75, 3.05) is 13.2 Å². The van der Waals surface area contributed by atoms with Gasteiger partial charge in [0, 0.05) is 11.8 Å². The molecule has 0 unspecified atom stereocenters. The van der Waals surface area contributed by atoms with Crippen molar-refractivity contribution in [3.8, 4) is 22.3 Å². The number of nitrogens with one attached hydrogen (secondary N) is 2. The molecule has 6 rings (SSSR count). The fourth-order valence-corrected chi connectivity index (χ4v) is 5.28. The third kappa shape index (κ3) is 4.82. The van der Waals surface area contributed by atoms with Gasteiger partial charge in [-0.3, -0.25) is 10.9 Å². The molecule has 2 aliphatic carbocycles. The maximum atomic E-state index is 11.1. The second-order valence-corrected chi connectivity index (χ2v) is 8.94. The fourth-order valence-electron chi connectivity index (χ4n) is 5.28. The number of nitrogens with two attached hydrogens (primary N) is 2. The van der Waals surface area contributed by atoms with Crippen molar-refractivity contribution in [2.45, 2.75) is 11.8 Å². The van der Waals surface area contributed by atoms with Gasteiger partial charge < -0.3 is 9.47 Å². The highest BCUT2D eigenvalue weighted by Crippen LogP contribution is 2.45. The number of rotatable bonds is 4. The van der Waals surface area contributed by atoms with Gasteiger partial charge >= 0.3 is 12.2 Å². The first-order valence-electron chi connectivity index (χ1n) is 12.3. The number of hydrazine groups is 2. The topological polar surface area (TPSA) is 129 Å². The van der Waals surface area contributed by atoms with E-state index >= 15 is 0 Å². The molecule has 38 heavy (non-hydrogen) atoms. The van der Waals surface area contributed by atoms with Crippen LogP contribution in [0.25, 0.3) is 22.3 Å².